The number of nitrogens with one attached hydrogen (secondary N) is 2. The number of thiocarbonyl (C=S) groups is 1. The summed E-state index contributed by atoms with van der Waals surface area (Å²) in [6, 6.07) is 16.0. The van der Waals surface area contributed by atoms with Gasteiger partial charge in [0.25, 0.3) is 0 Å². The van der Waals surface area contributed by atoms with Crippen molar-refractivity contribution in [1.82, 2.24) is 5.43 Å². The van der Waals surface area contributed by atoms with Gasteiger partial charge in [0.1, 0.15) is 5.75 Å². The van der Waals surface area contributed by atoms with Crippen molar-refractivity contribution >= 4 is 34.9 Å². The molecular formula is C21H28N4OS. The van der Waals surface area contributed by atoms with E-state index in [0.29, 0.717) is 11.7 Å². The fourth-order valence-electron chi connectivity index (χ4n) is 2.68. The van der Waals surface area contributed by atoms with Crippen molar-refractivity contribution in [3.63, 3.8) is 0 Å². The predicted molar refractivity (Wildman–Crippen MR) is 119 cm³/mol. The molecule has 5 nitrogen and oxygen atoms in total. The number of hydrogen-bond donors (Lipinski definition) is 2. The van der Waals surface area contributed by atoms with Crippen molar-refractivity contribution in [3.8, 4) is 5.75 Å². The first-order valence-corrected chi connectivity index (χ1v) is 9.75. The molecule has 2 rings (SSSR count). The summed E-state index contributed by atoms with van der Waals surface area (Å²) in [5.41, 5.74) is 5.89. The van der Waals surface area contributed by atoms with E-state index in [-0.39, 0.29) is 0 Å². The lowest BCUT2D eigenvalue weighted by Crippen LogP contribution is -2.24. The molecule has 0 amide bonds. The summed E-state index contributed by atoms with van der Waals surface area (Å²) >= 11 is 5.30. The van der Waals surface area contributed by atoms with E-state index < -0.39 is 0 Å². The average molecular weight is 385 g/mol. The molecule has 0 aromatic heterocycles. The van der Waals surface area contributed by atoms with Crippen LogP contribution in [0.3, 0.4) is 0 Å². The van der Waals surface area contributed by atoms with Crippen molar-refractivity contribution in [1.29, 1.82) is 0 Å². The Morgan fingerprint density at radius 1 is 1.11 bits per heavy atom. The predicted octanol–water partition coefficient (Wildman–Crippen LogP) is 4.64. The number of hydrogen-bond acceptors (Lipinski definition) is 4. The topological polar surface area (TPSA) is 48.9 Å². The van der Waals surface area contributed by atoms with Crippen molar-refractivity contribution in [2.24, 2.45) is 5.10 Å². The van der Waals surface area contributed by atoms with Crippen LogP contribution in [0.25, 0.3) is 0 Å². The third-order valence-electron chi connectivity index (χ3n) is 3.95. The van der Waals surface area contributed by atoms with Crippen LogP contribution in [0.15, 0.2) is 53.6 Å². The number of para-hydroxylation sites is 2. The molecule has 0 bridgehead atoms. The van der Waals surface area contributed by atoms with Gasteiger partial charge in [-0.1, -0.05) is 31.2 Å². The summed E-state index contributed by atoms with van der Waals surface area (Å²) in [7, 11) is 0. The summed E-state index contributed by atoms with van der Waals surface area (Å²) in [6.07, 6.45) is 2.89. The zero-order chi connectivity index (χ0) is 19.5. The van der Waals surface area contributed by atoms with Crippen LogP contribution >= 0.6 is 12.2 Å². The zero-order valence-corrected chi connectivity index (χ0v) is 17.1. The van der Waals surface area contributed by atoms with E-state index in [2.05, 4.69) is 58.9 Å². The summed E-state index contributed by atoms with van der Waals surface area (Å²) in [5.74, 6) is 0.760. The van der Waals surface area contributed by atoms with Crippen LogP contribution in [0.1, 0.15) is 32.8 Å². The van der Waals surface area contributed by atoms with E-state index in [1.54, 1.807) is 6.21 Å². The second-order valence-electron chi connectivity index (χ2n) is 5.92. The average Bonchev–Trinajstić information content (AvgIpc) is 2.68. The van der Waals surface area contributed by atoms with Crippen LogP contribution < -0.4 is 20.4 Å². The Balaban J connectivity index is 1.90. The van der Waals surface area contributed by atoms with Gasteiger partial charge in [-0.15, -0.1) is 0 Å². The Bertz CT molecular complexity index is 746. The van der Waals surface area contributed by atoms with Crippen LogP contribution in [-0.4, -0.2) is 31.0 Å². The quantitative estimate of drug-likeness (QED) is 0.375. The van der Waals surface area contributed by atoms with Crippen molar-refractivity contribution in [2.75, 3.05) is 29.9 Å². The van der Waals surface area contributed by atoms with Gasteiger partial charge in [0.15, 0.2) is 5.11 Å². The summed E-state index contributed by atoms with van der Waals surface area (Å²) in [4.78, 5) is 2.36. The molecule has 0 aliphatic carbocycles. The van der Waals surface area contributed by atoms with Gasteiger partial charge in [-0.05, 0) is 62.3 Å². The minimum atomic E-state index is 0.412. The van der Waals surface area contributed by atoms with E-state index in [0.717, 1.165) is 36.5 Å². The van der Waals surface area contributed by atoms with Gasteiger partial charge < -0.3 is 15.0 Å². The number of ether oxygens (including phenoxy) is 1. The van der Waals surface area contributed by atoms with E-state index in [1.807, 2.05) is 31.2 Å². The molecule has 2 N–H and O–H groups in total. The monoisotopic (exact) mass is 384 g/mol. The standard InChI is InChI=1S/C21H28N4OS/c1-4-15-25(5-2)18-13-11-17(12-14-18)16-22-24-21(27)23-19-9-7-8-10-20(19)26-6-3/h7-14,16H,4-6,15H2,1-3H3,(H2,23,24,27)/b22-16-. The van der Waals surface area contributed by atoms with Crippen LogP contribution in [-0.2, 0) is 0 Å². The molecule has 0 fully saturated rings. The van der Waals surface area contributed by atoms with E-state index in [4.69, 9.17) is 17.0 Å². The van der Waals surface area contributed by atoms with Gasteiger partial charge in [0.05, 0.1) is 18.5 Å². The summed E-state index contributed by atoms with van der Waals surface area (Å²) in [6.45, 7) is 8.98. The Morgan fingerprint density at radius 2 is 1.85 bits per heavy atom. The van der Waals surface area contributed by atoms with Crippen molar-refractivity contribution in [3.05, 3.63) is 54.1 Å². The third-order valence-corrected chi connectivity index (χ3v) is 4.14. The van der Waals surface area contributed by atoms with E-state index in [9.17, 15) is 0 Å². The van der Waals surface area contributed by atoms with Gasteiger partial charge in [-0.2, -0.15) is 5.10 Å². The van der Waals surface area contributed by atoms with Crippen molar-refractivity contribution in [2.45, 2.75) is 27.2 Å². The van der Waals surface area contributed by atoms with Gasteiger partial charge in [0, 0.05) is 18.8 Å². The lowest BCUT2D eigenvalue weighted by molar-refractivity contribution is 0.342. The smallest absolute Gasteiger partial charge is 0.191 e. The lowest BCUT2D eigenvalue weighted by Gasteiger charge is -2.22. The number of rotatable bonds is 9. The second-order valence-corrected chi connectivity index (χ2v) is 6.33. The van der Waals surface area contributed by atoms with Crippen LogP contribution in [0.2, 0.25) is 0 Å². The lowest BCUT2D eigenvalue weighted by atomic mass is 10.2. The highest BCUT2D eigenvalue weighted by molar-refractivity contribution is 7.80. The fraction of sp³-hybridized carbons (Fsp3) is 0.333. The maximum absolute atomic E-state index is 5.58. The minimum absolute atomic E-state index is 0.412. The van der Waals surface area contributed by atoms with Crippen LogP contribution in [0.5, 0.6) is 5.75 Å². The highest BCUT2D eigenvalue weighted by Crippen LogP contribution is 2.23. The maximum Gasteiger partial charge on any atom is 0.191 e. The second kappa shape index (κ2) is 11.2. The highest BCUT2D eigenvalue weighted by atomic mass is 32.1. The molecule has 0 atom stereocenters. The van der Waals surface area contributed by atoms with Crippen LogP contribution in [0, 0.1) is 0 Å². The highest BCUT2D eigenvalue weighted by Gasteiger charge is 2.04. The van der Waals surface area contributed by atoms with E-state index in [1.165, 1.54) is 5.69 Å². The maximum atomic E-state index is 5.58. The molecule has 0 aliphatic heterocycles. The number of anilines is 2. The number of hydrazone groups is 1. The van der Waals surface area contributed by atoms with E-state index >= 15 is 0 Å². The molecule has 0 radical (unpaired) electrons. The SMILES string of the molecule is CCCN(CC)c1ccc(/C=N\NC(=S)Nc2ccccc2OCC)cc1. The molecule has 0 saturated heterocycles. The van der Waals surface area contributed by atoms with Gasteiger partial charge in [-0.25, -0.2) is 0 Å². The molecular weight excluding hydrogens is 356 g/mol. The molecule has 27 heavy (non-hydrogen) atoms. The molecule has 0 heterocycles. The zero-order valence-electron chi connectivity index (χ0n) is 16.2. The van der Waals surface area contributed by atoms with Crippen LogP contribution in [0.4, 0.5) is 11.4 Å². The first kappa shape index (κ1) is 20.7. The Hall–Kier alpha value is -2.60. The van der Waals surface area contributed by atoms with Gasteiger partial charge >= 0.3 is 0 Å². The molecule has 0 unspecified atom stereocenters. The molecule has 2 aromatic carbocycles. The Labute approximate surface area is 167 Å². The van der Waals surface area contributed by atoms with Gasteiger partial charge in [0.2, 0.25) is 0 Å². The summed E-state index contributed by atoms with van der Waals surface area (Å²) < 4.78 is 5.58. The molecule has 2 aromatic rings. The summed E-state index contributed by atoms with van der Waals surface area (Å²) in [5, 5.41) is 7.73. The molecule has 6 heteroatoms. The Kier molecular flexibility index (Phi) is 8.58. The molecule has 144 valence electrons. The first-order chi connectivity index (χ1) is 13.2. The largest absolute Gasteiger partial charge is 0.492 e. The minimum Gasteiger partial charge on any atom is -0.492 e. The molecule has 0 saturated carbocycles. The first-order valence-electron chi connectivity index (χ1n) is 9.34. The molecule has 0 spiro atoms. The third kappa shape index (κ3) is 6.57. The number of benzene rings is 2. The van der Waals surface area contributed by atoms with Crippen molar-refractivity contribution < 1.29 is 4.74 Å². The normalized spacial score (nSPS) is 10.6. The number of nitrogens with zero attached hydrogens (tertiary/aromatic N) is 2. The fourth-order valence-corrected chi connectivity index (χ4v) is 2.84. The Morgan fingerprint density at radius 3 is 2.52 bits per heavy atom. The molecule has 0 aliphatic rings. The van der Waals surface area contributed by atoms with Gasteiger partial charge in [-0.3, -0.25) is 5.43 Å².